The maximum Gasteiger partial charge on any atom is 0.410 e. The molecule has 0 spiro atoms. The lowest BCUT2D eigenvalue weighted by Gasteiger charge is -2.33. The highest BCUT2D eigenvalue weighted by molar-refractivity contribution is 5.80. The average molecular weight is 316 g/mol. The molecule has 0 saturated carbocycles. The molecule has 5 nitrogen and oxygen atoms in total. The summed E-state index contributed by atoms with van der Waals surface area (Å²) in [5.74, 6) is 0.882. The second kappa shape index (κ2) is 6.14. The number of H-pyrrole nitrogens is 1. The fourth-order valence-electron chi connectivity index (χ4n) is 2.78. The summed E-state index contributed by atoms with van der Waals surface area (Å²) in [5, 5.41) is 1.15. The Hall–Kier alpha value is -2.17. The van der Waals surface area contributed by atoms with Gasteiger partial charge in [0.2, 0.25) is 0 Å². The van der Waals surface area contributed by atoms with Crippen molar-refractivity contribution in [3.05, 3.63) is 30.5 Å². The molecule has 0 unspecified atom stereocenters. The first kappa shape index (κ1) is 15.7. The van der Waals surface area contributed by atoms with Gasteiger partial charge in [0.1, 0.15) is 17.5 Å². The van der Waals surface area contributed by atoms with Crippen LogP contribution >= 0.6 is 0 Å². The molecule has 3 rings (SSSR count). The second-order valence-electron chi connectivity index (χ2n) is 7.01. The Balaban J connectivity index is 1.53. The Bertz CT molecular complexity index is 679. The van der Waals surface area contributed by atoms with Gasteiger partial charge in [0.05, 0.1) is 0 Å². The number of likely N-dealkylation sites (tertiary alicyclic amines) is 1. The van der Waals surface area contributed by atoms with Gasteiger partial charge in [-0.05, 0) is 45.0 Å². The molecule has 0 bridgehead atoms. The Morgan fingerprint density at radius 1 is 1.22 bits per heavy atom. The molecule has 1 amide bonds. The minimum Gasteiger partial charge on any atom is -0.490 e. The number of amides is 1. The monoisotopic (exact) mass is 316 g/mol. The number of rotatable bonds is 2. The van der Waals surface area contributed by atoms with Gasteiger partial charge in [0, 0.05) is 43.0 Å². The number of aromatic nitrogens is 1. The number of hydrogen-bond donors (Lipinski definition) is 1. The van der Waals surface area contributed by atoms with Crippen LogP contribution in [-0.4, -0.2) is 40.8 Å². The van der Waals surface area contributed by atoms with E-state index in [1.807, 2.05) is 51.2 Å². The lowest BCUT2D eigenvalue weighted by Crippen LogP contribution is -2.44. The quantitative estimate of drug-likeness (QED) is 0.913. The zero-order valence-electron chi connectivity index (χ0n) is 14.0. The highest BCUT2D eigenvalue weighted by atomic mass is 16.6. The van der Waals surface area contributed by atoms with E-state index in [-0.39, 0.29) is 12.2 Å². The number of piperidine rings is 1. The Morgan fingerprint density at radius 2 is 1.96 bits per heavy atom. The number of nitrogens with zero attached hydrogens (tertiary/aromatic N) is 1. The zero-order valence-corrected chi connectivity index (χ0v) is 14.0. The molecule has 1 N–H and O–H groups in total. The Kier molecular flexibility index (Phi) is 4.20. The lowest BCUT2D eigenvalue weighted by atomic mass is 10.1. The fraction of sp³-hybridized carbons (Fsp3) is 0.500. The highest BCUT2D eigenvalue weighted by Crippen LogP contribution is 2.24. The number of benzene rings is 1. The van der Waals surface area contributed by atoms with E-state index in [1.54, 1.807) is 4.90 Å². The van der Waals surface area contributed by atoms with Crippen molar-refractivity contribution >= 4 is 17.0 Å². The van der Waals surface area contributed by atoms with Crippen molar-refractivity contribution in [2.45, 2.75) is 45.3 Å². The standard InChI is InChI=1S/C18H24N2O3/c1-18(2,3)23-17(21)20-10-7-14(8-11-20)22-15-4-5-16-13(12-15)6-9-19-16/h4-6,9,12,14,19H,7-8,10-11H2,1-3H3. The molecule has 0 aliphatic carbocycles. The van der Waals surface area contributed by atoms with Crippen LogP contribution in [0.1, 0.15) is 33.6 Å². The van der Waals surface area contributed by atoms with Crippen molar-refractivity contribution in [1.29, 1.82) is 0 Å². The lowest BCUT2D eigenvalue weighted by molar-refractivity contribution is 0.0127. The second-order valence-corrected chi connectivity index (χ2v) is 7.01. The Labute approximate surface area is 136 Å². The van der Waals surface area contributed by atoms with Crippen molar-refractivity contribution in [1.82, 2.24) is 9.88 Å². The summed E-state index contributed by atoms with van der Waals surface area (Å²) in [6, 6.07) is 8.10. The number of fused-ring (bicyclic) bond motifs is 1. The molecule has 2 heterocycles. The van der Waals surface area contributed by atoms with Crippen LogP contribution in [0.5, 0.6) is 5.75 Å². The summed E-state index contributed by atoms with van der Waals surface area (Å²) in [6.07, 6.45) is 3.48. The number of ether oxygens (including phenoxy) is 2. The SMILES string of the molecule is CC(C)(C)OC(=O)N1CCC(Oc2ccc3[nH]ccc3c2)CC1. The molecule has 0 radical (unpaired) electrons. The van der Waals surface area contributed by atoms with Gasteiger partial charge in [0.15, 0.2) is 0 Å². The van der Waals surface area contributed by atoms with Crippen LogP contribution in [0.15, 0.2) is 30.5 Å². The largest absolute Gasteiger partial charge is 0.490 e. The summed E-state index contributed by atoms with van der Waals surface area (Å²) in [7, 11) is 0. The molecule has 5 heteroatoms. The summed E-state index contributed by atoms with van der Waals surface area (Å²) in [5.41, 5.74) is 0.660. The molecule has 23 heavy (non-hydrogen) atoms. The fourth-order valence-corrected chi connectivity index (χ4v) is 2.78. The van der Waals surface area contributed by atoms with Crippen LogP contribution in [0.4, 0.5) is 4.79 Å². The van der Waals surface area contributed by atoms with E-state index in [4.69, 9.17) is 9.47 Å². The van der Waals surface area contributed by atoms with Gasteiger partial charge in [0.25, 0.3) is 0 Å². The minimum absolute atomic E-state index is 0.144. The maximum atomic E-state index is 12.1. The van der Waals surface area contributed by atoms with E-state index < -0.39 is 5.60 Å². The van der Waals surface area contributed by atoms with Crippen LogP contribution in [0.25, 0.3) is 10.9 Å². The smallest absolute Gasteiger partial charge is 0.410 e. The normalized spacial score (nSPS) is 16.6. The molecule has 1 aromatic heterocycles. The molecule has 1 fully saturated rings. The van der Waals surface area contributed by atoms with Gasteiger partial charge in [-0.3, -0.25) is 0 Å². The number of carbonyl (C=O) groups excluding carboxylic acids is 1. The maximum absolute atomic E-state index is 12.1. The number of carbonyl (C=O) groups is 1. The average Bonchev–Trinajstić information content (AvgIpc) is 2.94. The third-order valence-electron chi connectivity index (χ3n) is 3.92. The minimum atomic E-state index is -0.448. The van der Waals surface area contributed by atoms with Crippen LogP contribution < -0.4 is 4.74 Å². The van der Waals surface area contributed by atoms with E-state index in [0.29, 0.717) is 13.1 Å². The molecular formula is C18H24N2O3. The van der Waals surface area contributed by atoms with Gasteiger partial charge in [-0.25, -0.2) is 4.79 Å². The van der Waals surface area contributed by atoms with E-state index in [9.17, 15) is 4.79 Å². The topological polar surface area (TPSA) is 54.6 Å². The molecule has 124 valence electrons. The highest BCUT2D eigenvalue weighted by Gasteiger charge is 2.27. The van der Waals surface area contributed by atoms with Crippen molar-refractivity contribution in [2.24, 2.45) is 0 Å². The molecule has 2 aromatic rings. The molecule has 1 saturated heterocycles. The van der Waals surface area contributed by atoms with Crippen LogP contribution in [0.3, 0.4) is 0 Å². The van der Waals surface area contributed by atoms with Crippen molar-refractivity contribution in [2.75, 3.05) is 13.1 Å². The van der Waals surface area contributed by atoms with Crippen molar-refractivity contribution in [3.63, 3.8) is 0 Å². The molecule has 0 atom stereocenters. The number of nitrogens with one attached hydrogen (secondary N) is 1. The molecule has 1 aliphatic heterocycles. The Morgan fingerprint density at radius 3 is 2.65 bits per heavy atom. The predicted octanol–water partition coefficient (Wildman–Crippen LogP) is 3.95. The first-order chi connectivity index (χ1) is 10.9. The first-order valence-electron chi connectivity index (χ1n) is 8.12. The van der Waals surface area contributed by atoms with Gasteiger partial charge in [-0.15, -0.1) is 0 Å². The van der Waals surface area contributed by atoms with E-state index in [2.05, 4.69) is 4.98 Å². The summed E-state index contributed by atoms with van der Waals surface area (Å²) < 4.78 is 11.5. The van der Waals surface area contributed by atoms with Gasteiger partial charge in [-0.2, -0.15) is 0 Å². The number of hydrogen-bond acceptors (Lipinski definition) is 3. The first-order valence-corrected chi connectivity index (χ1v) is 8.12. The predicted molar refractivity (Wildman–Crippen MR) is 89.8 cm³/mol. The van der Waals surface area contributed by atoms with Crippen LogP contribution in [0.2, 0.25) is 0 Å². The van der Waals surface area contributed by atoms with E-state index >= 15 is 0 Å². The third kappa shape index (κ3) is 3.97. The van der Waals surface area contributed by atoms with E-state index in [0.717, 1.165) is 29.5 Å². The van der Waals surface area contributed by atoms with E-state index in [1.165, 1.54) is 0 Å². The van der Waals surface area contributed by atoms with Crippen LogP contribution in [-0.2, 0) is 4.74 Å². The summed E-state index contributed by atoms with van der Waals surface area (Å²) in [4.78, 5) is 17.0. The van der Waals surface area contributed by atoms with Crippen molar-refractivity contribution in [3.8, 4) is 5.75 Å². The molecule has 1 aromatic carbocycles. The summed E-state index contributed by atoms with van der Waals surface area (Å²) >= 11 is 0. The van der Waals surface area contributed by atoms with Gasteiger partial charge < -0.3 is 19.4 Å². The van der Waals surface area contributed by atoms with Crippen molar-refractivity contribution < 1.29 is 14.3 Å². The zero-order chi connectivity index (χ0) is 16.4. The number of aromatic amines is 1. The third-order valence-corrected chi connectivity index (χ3v) is 3.92. The van der Waals surface area contributed by atoms with Crippen LogP contribution in [0, 0.1) is 0 Å². The summed E-state index contributed by atoms with van der Waals surface area (Å²) in [6.45, 7) is 7.01. The molecule has 1 aliphatic rings. The van der Waals surface area contributed by atoms with Gasteiger partial charge in [-0.1, -0.05) is 0 Å². The molecular weight excluding hydrogens is 292 g/mol. The van der Waals surface area contributed by atoms with Gasteiger partial charge >= 0.3 is 6.09 Å².